The second kappa shape index (κ2) is 8.11. The molecule has 0 saturated carbocycles. The number of aryl methyl sites for hydroxylation is 1. The van der Waals surface area contributed by atoms with Crippen molar-refractivity contribution in [2.45, 2.75) is 45.3 Å². The van der Waals surface area contributed by atoms with Crippen LogP contribution in [0, 0.1) is 6.92 Å². The summed E-state index contributed by atoms with van der Waals surface area (Å²) in [5.41, 5.74) is 9.97. The lowest BCUT2D eigenvalue weighted by atomic mass is 9.86. The van der Waals surface area contributed by atoms with E-state index >= 15 is 0 Å². The first kappa shape index (κ1) is 18.7. The lowest BCUT2D eigenvalue weighted by Crippen LogP contribution is -3.14. The molecular formula is C22H32N2O2+2. The van der Waals surface area contributed by atoms with Crippen molar-refractivity contribution in [3.8, 4) is 11.5 Å². The Bertz CT molecular complexity index is 760. The second-order valence-electron chi connectivity index (χ2n) is 7.38. The molecule has 0 bridgehead atoms. The number of ether oxygens (including phenoxy) is 2. The third kappa shape index (κ3) is 3.71. The van der Waals surface area contributed by atoms with E-state index in [1.165, 1.54) is 22.3 Å². The van der Waals surface area contributed by atoms with E-state index < -0.39 is 0 Å². The Morgan fingerprint density at radius 3 is 2.54 bits per heavy atom. The molecule has 1 aliphatic rings. The van der Waals surface area contributed by atoms with Gasteiger partial charge in [-0.3, -0.25) is 0 Å². The molecule has 140 valence electrons. The van der Waals surface area contributed by atoms with E-state index in [-0.39, 0.29) is 0 Å². The number of hydrogen-bond acceptors (Lipinski definition) is 2. The molecule has 0 saturated heterocycles. The van der Waals surface area contributed by atoms with Gasteiger partial charge < -0.3 is 20.1 Å². The minimum atomic E-state index is 0.368. The number of fused-ring (bicyclic) bond motifs is 1. The summed E-state index contributed by atoms with van der Waals surface area (Å²) in [4.78, 5) is 1.59. The highest BCUT2D eigenvalue weighted by Gasteiger charge is 2.38. The molecule has 3 atom stereocenters. The molecular weight excluding hydrogens is 324 g/mol. The van der Waals surface area contributed by atoms with Crippen LogP contribution < -0.4 is 20.1 Å². The monoisotopic (exact) mass is 356 g/mol. The topological polar surface area (TPSA) is 50.5 Å². The van der Waals surface area contributed by atoms with Crippen LogP contribution in [0.5, 0.6) is 11.5 Å². The highest BCUT2D eigenvalue weighted by molar-refractivity contribution is 5.49. The smallest absolute Gasteiger partial charge is 0.166 e. The third-order valence-corrected chi connectivity index (χ3v) is 5.65. The van der Waals surface area contributed by atoms with Gasteiger partial charge in [-0.2, -0.15) is 0 Å². The van der Waals surface area contributed by atoms with Gasteiger partial charge in [-0.25, -0.2) is 0 Å². The largest absolute Gasteiger partial charge is 0.493 e. The van der Waals surface area contributed by atoms with Crippen LogP contribution in [0.2, 0.25) is 0 Å². The normalized spacial score (nSPS) is 20.3. The Hall–Kier alpha value is -2.04. The Morgan fingerprint density at radius 1 is 1.15 bits per heavy atom. The quantitative estimate of drug-likeness (QED) is 0.828. The Labute approximate surface area is 156 Å². The van der Waals surface area contributed by atoms with Crippen molar-refractivity contribution < 1.29 is 20.1 Å². The van der Waals surface area contributed by atoms with E-state index in [0.29, 0.717) is 12.1 Å². The minimum Gasteiger partial charge on any atom is -0.493 e. The van der Waals surface area contributed by atoms with E-state index in [1.54, 1.807) is 19.1 Å². The van der Waals surface area contributed by atoms with Crippen LogP contribution >= 0.6 is 0 Å². The van der Waals surface area contributed by atoms with Crippen molar-refractivity contribution in [1.29, 1.82) is 0 Å². The van der Waals surface area contributed by atoms with Gasteiger partial charge in [0, 0.05) is 24.0 Å². The number of rotatable bonds is 6. The Kier molecular flexibility index (Phi) is 5.84. The summed E-state index contributed by atoms with van der Waals surface area (Å²) >= 11 is 0. The van der Waals surface area contributed by atoms with Crippen LogP contribution in [0.15, 0.2) is 36.4 Å². The van der Waals surface area contributed by atoms with Crippen LogP contribution in [-0.4, -0.2) is 26.8 Å². The summed E-state index contributed by atoms with van der Waals surface area (Å²) in [6, 6.07) is 14.0. The standard InChI is InChI=1S/C22H30N2O2/c1-5-19(23)22-18-13-21(26-4)20(25-3)12-17(18)9-10-24(22)14-16-8-6-7-15(2)11-16/h6-8,11-13,19,22H,5,9-10,14,23H2,1-4H3/p+2/t19-,22-/m0/s1. The highest BCUT2D eigenvalue weighted by atomic mass is 16.5. The number of methoxy groups -OCH3 is 2. The zero-order valence-electron chi connectivity index (χ0n) is 16.5. The van der Waals surface area contributed by atoms with Crippen molar-refractivity contribution in [3.63, 3.8) is 0 Å². The van der Waals surface area contributed by atoms with E-state index in [4.69, 9.17) is 9.47 Å². The van der Waals surface area contributed by atoms with Gasteiger partial charge in [0.2, 0.25) is 0 Å². The summed E-state index contributed by atoms with van der Waals surface area (Å²) in [5.74, 6) is 1.64. The summed E-state index contributed by atoms with van der Waals surface area (Å²) < 4.78 is 11.1. The maximum absolute atomic E-state index is 5.58. The van der Waals surface area contributed by atoms with Crippen LogP contribution in [0.25, 0.3) is 0 Å². The molecule has 0 fully saturated rings. The van der Waals surface area contributed by atoms with Crippen molar-refractivity contribution in [2.75, 3.05) is 20.8 Å². The van der Waals surface area contributed by atoms with Gasteiger partial charge in [-0.15, -0.1) is 0 Å². The van der Waals surface area contributed by atoms with Gasteiger partial charge in [0.05, 0.1) is 20.8 Å². The number of quaternary nitrogens is 2. The van der Waals surface area contributed by atoms with Gasteiger partial charge in [0.1, 0.15) is 12.6 Å². The number of benzene rings is 2. The molecule has 0 radical (unpaired) electrons. The molecule has 2 aromatic carbocycles. The number of nitrogens with one attached hydrogen (secondary N) is 1. The lowest BCUT2D eigenvalue weighted by molar-refractivity contribution is -0.957. The van der Waals surface area contributed by atoms with Gasteiger partial charge in [-0.05, 0) is 24.6 Å². The first-order valence-corrected chi connectivity index (χ1v) is 9.55. The van der Waals surface area contributed by atoms with Crippen molar-refractivity contribution in [3.05, 3.63) is 58.7 Å². The molecule has 1 unspecified atom stereocenters. The van der Waals surface area contributed by atoms with Crippen molar-refractivity contribution in [1.82, 2.24) is 0 Å². The fourth-order valence-electron chi connectivity index (χ4n) is 4.22. The summed E-state index contributed by atoms with van der Waals surface area (Å²) in [6.07, 6.45) is 2.12. The SMILES string of the molecule is CC[C@H]([NH3+])[C@@H]1c2cc(OC)c(OC)cc2CC[NH+]1Cc1cccc(C)c1. The second-order valence-corrected chi connectivity index (χ2v) is 7.38. The molecule has 1 aliphatic heterocycles. The number of hydrogen-bond donors (Lipinski definition) is 2. The highest BCUT2D eigenvalue weighted by Crippen LogP contribution is 2.35. The van der Waals surface area contributed by atoms with Crippen molar-refractivity contribution in [2.24, 2.45) is 0 Å². The van der Waals surface area contributed by atoms with Crippen molar-refractivity contribution >= 4 is 0 Å². The van der Waals surface area contributed by atoms with Crippen LogP contribution in [0.3, 0.4) is 0 Å². The first-order valence-electron chi connectivity index (χ1n) is 9.55. The average molecular weight is 357 g/mol. The average Bonchev–Trinajstić information content (AvgIpc) is 2.66. The maximum atomic E-state index is 5.58. The predicted octanol–water partition coefficient (Wildman–Crippen LogP) is 1.72. The zero-order chi connectivity index (χ0) is 18.7. The Balaban J connectivity index is 1.98. The maximum Gasteiger partial charge on any atom is 0.166 e. The summed E-state index contributed by atoms with van der Waals surface area (Å²) in [6.45, 7) is 6.55. The molecule has 4 heteroatoms. The van der Waals surface area contributed by atoms with E-state index in [1.807, 2.05) is 0 Å². The lowest BCUT2D eigenvalue weighted by Gasteiger charge is -2.36. The van der Waals surface area contributed by atoms with E-state index in [2.05, 4.69) is 56.0 Å². The minimum absolute atomic E-state index is 0.368. The summed E-state index contributed by atoms with van der Waals surface area (Å²) in [5, 5.41) is 0. The first-order chi connectivity index (χ1) is 12.6. The van der Waals surface area contributed by atoms with Gasteiger partial charge >= 0.3 is 0 Å². The van der Waals surface area contributed by atoms with E-state index in [9.17, 15) is 0 Å². The van der Waals surface area contributed by atoms with Crippen LogP contribution in [0.4, 0.5) is 0 Å². The van der Waals surface area contributed by atoms with Crippen LogP contribution in [0.1, 0.15) is 41.6 Å². The molecule has 0 amide bonds. The molecule has 0 spiro atoms. The van der Waals surface area contributed by atoms with Gasteiger partial charge in [0.15, 0.2) is 17.5 Å². The summed E-state index contributed by atoms with van der Waals surface area (Å²) in [7, 11) is 3.41. The zero-order valence-corrected chi connectivity index (χ0v) is 16.5. The van der Waals surface area contributed by atoms with E-state index in [0.717, 1.165) is 37.4 Å². The molecule has 4 N–H and O–H groups in total. The molecule has 4 nitrogen and oxygen atoms in total. The molecule has 26 heavy (non-hydrogen) atoms. The fourth-order valence-corrected chi connectivity index (χ4v) is 4.22. The molecule has 2 aromatic rings. The molecule has 0 aliphatic carbocycles. The van der Waals surface area contributed by atoms with Gasteiger partial charge in [0.25, 0.3) is 0 Å². The molecule has 1 heterocycles. The predicted molar refractivity (Wildman–Crippen MR) is 104 cm³/mol. The van der Waals surface area contributed by atoms with Gasteiger partial charge in [-0.1, -0.05) is 36.8 Å². The van der Waals surface area contributed by atoms with Crippen LogP contribution in [-0.2, 0) is 13.0 Å². The molecule has 0 aromatic heterocycles. The third-order valence-electron chi connectivity index (χ3n) is 5.65. The molecule has 3 rings (SSSR count). The Morgan fingerprint density at radius 2 is 1.88 bits per heavy atom. The fraction of sp³-hybridized carbons (Fsp3) is 0.455.